The van der Waals surface area contributed by atoms with E-state index in [0.717, 1.165) is 20.5 Å². The van der Waals surface area contributed by atoms with Gasteiger partial charge in [-0.15, -0.1) is 11.3 Å². The Bertz CT molecular complexity index is 1130. The first kappa shape index (κ1) is 24.5. The van der Waals surface area contributed by atoms with Gasteiger partial charge in [0.1, 0.15) is 4.83 Å². The smallest absolute Gasteiger partial charge is 0.390 e. The third-order valence-corrected chi connectivity index (χ3v) is 7.16. The average Bonchev–Trinajstić information content (AvgIpc) is 3.13. The van der Waals surface area contributed by atoms with Gasteiger partial charge in [0, 0.05) is 26.2 Å². The number of carbonyl (C=O) groups is 1. The number of aryl methyl sites for hydroxylation is 2. The summed E-state index contributed by atoms with van der Waals surface area (Å²) in [5, 5.41) is 19.6. The Kier molecular flexibility index (Phi) is 6.87. The number of likely N-dealkylation sites (tertiary alicyclic amines) is 1. The van der Waals surface area contributed by atoms with Crippen molar-refractivity contribution in [2.24, 2.45) is 0 Å². The standard InChI is InChI=1S/C20H26F3N3O5S/c1-3-12-13-15(28)25(4-2)18(30)26(10-7-20(21,22)23)17(13)32-14(12)16(29)24-8-5-19(31,11-27)6-9-24/h27,31H,3-11H2,1-2H3. The molecule has 1 aliphatic heterocycles. The first-order valence-corrected chi connectivity index (χ1v) is 11.3. The highest BCUT2D eigenvalue weighted by molar-refractivity contribution is 7.20. The Hall–Kier alpha value is -2.18. The molecule has 3 rings (SSSR count). The van der Waals surface area contributed by atoms with Crippen LogP contribution in [0.3, 0.4) is 0 Å². The molecule has 0 saturated carbocycles. The van der Waals surface area contributed by atoms with Crippen LogP contribution in [0.2, 0.25) is 0 Å². The van der Waals surface area contributed by atoms with Crippen molar-refractivity contribution in [2.75, 3.05) is 19.7 Å². The van der Waals surface area contributed by atoms with Gasteiger partial charge in [0.05, 0.1) is 28.9 Å². The van der Waals surface area contributed by atoms with Crippen LogP contribution in [-0.4, -0.2) is 61.6 Å². The summed E-state index contributed by atoms with van der Waals surface area (Å²) in [4.78, 5) is 40.8. The lowest BCUT2D eigenvalue weighted by atomic mass is 9.92. The molecular formula is C20H26F3N3O5S. The second kappa shape index (κ2) is 8.99. The number of hydrogen-bond donors (Lipinski definition) is 2. The summed E-state index contributed by atoms with van der Waals surface area (Å²) in [6, 6.07) is 0. The number of halogens is 3. The number of carbonyl (C=O) groups excluding carboxylic acids is 1. The Morgan fingerprint density at radius 3 is 2.28 bits per heavy atom. The van der Waals surface area contributed by atoms with Crippen LogP contribution in [0.25, 0.3) is 10.2 Å². The molecule has 2 aromatic heterocycles. The van der Waals surface area contributed by atoms with E-state index in [1.165, 1.54) is 4.90 Å². The van der Waals surface area contributed by atoms with Gasteiger partial charge in [-0.25, -0.2) is 4.79 Å². The van der Waals surface area contributed by atoms with E-state index in [2.05, 4.69) is 0 Å². The Labute approximate surface area is 185 Å². The highest BCUT2D eigenvalue weighted by Gasteiger charge is 2.35. The molecule has 1 aliphatic rings. The lowest BCUT2D eigenvalue weighted by Gasteiger charge is -2.36. The summed E-state index contributed by atoms with van der Waals surface area (Å²) in [5.41, 5.74) is -2.29. The van der Waals surface area contributed by atoms with Crippen LogP contribution < -0.4 is 11.2 Å². The van der Waals surface area contributed by atoms with Crippen molar-refractivity contribution in [3.63, 3.8) is 0 Å². The van der Waals surface area contributed by atoms with Crippen LogP contribution in [0.5, 0.6) is 0 Å². The fourth-order valence-corrected chi connectivity index (χ4v) is 5.34. The van der Waals surface area contributed by atoms with E-state index in [-0.39, 0.29) is 54.0 Å². The molecule has 1 saturated heterocycles. The van der Waals surface area contributed by atoms with E-state index in [1.807, 2.05) is 0 Å². The van der Waals surface area contributed by atoms with Crippen LogP contribution >= 0.6 is 11.3 Å². The van der Waals surface area contributed by atoms with E-state index < -0.39 is 48.5 Å². The molecule has 1 fully saturated rings. The molecule has 0 bridgehead atoms. The molecule has 1 amide bonds. The second-order valence-electron chi connectivity index (χ2n) is 7.97. The minimum atomic E-state index is -4.49. The van der Waals surface area contributed by atoms with Gasteiger partial charge < -0.3 is 15.1 Å². The van der Waals surface area contributed by atoms with Crippen molar-refractivity contribution < 1.29 is 28.2 Å². The molecule has 2 aromatic rings. The van der Waals surface area contributed by atoms with Gasteiger partial charge >= 0.3 is 11.9 Å². The van der Waals surface area contributed by atoms with Gasteiger partial charge in [-0.3, -0.25) is 18.7 Å². The van der Waals surface area contributed by atoms with Gasteiger partial charge in [-0.05, 0) is 31.7 Å². The fraction of sp³-hybridized carbons (Fsp3) is 0.650. The monoisotopic (exact) mass is 477 g/mol. The number of piperidine rings is 1. The molecule has 12 heteroatoms. The van der Waals surface area contributed by atoms with Gasteiger partial charge in [0.15, 0.2) is 0 Å². The Balaban J connectivity index is 2.13. The van der Waals surface area contributed by atoms with Gasteiger partial charge in [-0.2, -0.15) is 13.2 Å². The zero-order chi connectivity index (χ0) is 23.8. The highest BCUT2D eigenvalue weighted by Crippen LogP contribution is 2.32. The number of alkyl halides is 3. The lowest BCUT2D eigenvalue weighted by Crippen LogP contribution is -2.48. The number of aliphatic hydroxyl groups excluding tert-OH is 1. The van der Waals surface area contributed by atoms with E-state index in [9.17, 15) is 37.8 Å². The summed E-state index contributed by atoms with van der Waals surface area (Å²) >= 11 is 0.860. The number of aliphatic hydroxyl groups is 2. The predicted molar refractivity (Wildman–Crippen MR) is 113 cm³/mol. The molecule has 0 spiro atoms. The second-order valence-corrected chi connectivity index (χ2v) is 8.97. The summed E-state index contributed by atoms with van der Waals surface area (Å²) in [5.74, 6) is -0.402. The minimum Gasteiger partial charge on any atom is -0.393 e. The Morgan fingerprint density at radius 2 is 1.78 bits per heavy atom. The third-order valence-electron chi connectivity index (χ3n) is 5.91. The lowest BCUT2D eigenvalue weighted by molar-refractivity contribution is -0.136. The van der Waals surface area contributed by atoms with E-state index >= 15 is 0 Å². The van der Waals surface area contributed by atoms with Crippen molar-refractivity contribution in [3.8, 4) is 0 Å². The maximum Gasteiger partial charge on any atom is 0.390 e. The van der Waals surface area contributed by atoms with Crippen molar-refractivity contribution >= 4 is 27.5 Å². The topological polar surface area (TPSA) is 105 Å². The zero-order valence-corrected chi connectivity index (χ0v) is 18.7. The largest absolute Gasteiger partial charge is 0.393 e. The molecule has 32 heavy (non-hydrogen) atoms. The van der Waals surface area contributed by atoms with Crippen LogP contribution in [-0.2, 0) is 19.5 Å². The minimum absolute atomic E-state index is 0.00618. The van der Waals surface area contributed by atoms with Crippen LogP contribution in [0.15, 0.2) is 9.59 Å². The number of rotatable bonds is 6. The van der Waals surface area contributed by atoms with Crippen LogP contribution in [0, 0.1) is 0 Å². The molecular weight excluding hydrogens is 451 g/mol. The van der Waals surface area contributed by atoms with Gasteiger partial charge in [-0.1, -0.05) is 6.92 Å². The average molecular weight is 478 g/mol. The molecule has 8 nitrogen and oxygen atoms in total. The van der Waals surface area contributed by atoms with Gasteiger partial charge in [0.2, 0.25) is 0 Å². The van der Waals surface area contributed by atoms with Crippen LogP contribution in [0.4, 0.5) is 13.2 Å². The summed E-state index contributed by atoms with van der Waals surface area (Å²) < 4.78 is 40.4. The van der Waals surface area contributed by atoms with Crippen LogP contribution in [0.1, 0.15) is 48.3 Å². The SMILES string of the molecule is CCc1c(C(=O)N2CCC(O)(CO)CC2)sc2c1c(=O)n(CC)c(=O)n2CCC(F)(F)F. The van der Waals surface area contributed by atoms with Crippen molar-refractivity contribution in [2.45, 2.75) is 64.4 Å². The zero-order valence-electron chi connectivity index (χ0n) is 17.9. The molecule has 0 radical (unpaired) electrons. The highest BCUT2D eigenvalue weighted by atomic mass is 32.1. The molecule has 0 aliphatic carbocycles. The number of thiophene rings is 1. The van der Waals surface area contributed by atoms with E-state index in [1.54, 1.807) is 13.8 Å². The maximum atomic E-state index is 13.2. The molecule has 178 valence electrons. The maximum absolute atomic E-state index is 13.2. The first-order valence-electron chi connectivity index (χ1n) is 10.4. The third kappa shape index (κ3) is 4.48. The number of aromatic nitrogens is 2. The van der Waals surface area contributed by atoms with Crippen molar-refractivity contribution in [1.29, 1.82) is 0 Å². The summed E-state index contributed by atoms with van der Waals surface area (Å²) in [6.45, 7) is 2.60. The number of nitrogens with zero attached hydrogens (tertiary/aromatic N) is 3. The molecule has 0 aromatic carbocycles. The number of amides is 1. The van der Waals surface area contributed by atoms with E-state index in [4.69, 9.17) is 0 Å². The number of fused-ring (bicyclic) bond motifs is 1. The molecule has 3 heterocycles. The normalized spacial score (nSPS) is 16.7. The van der Waals surface area contributed by atoms with Crippen molar-refractivity contribution in [1.82, 2.24) is 14.0 Å². The quantitative estimate of drug-likeness (QED) is 0.659. The van der Waals surface area contributed by atoms with E-state index in [0.29, 0.717) is 5.56 Å². The summed E-state index contributed by atoms with van der Waals surface area (Å²) in [6.07, 6.45) is -5.08. The Morgan fingerprint density at radius 1 is 1.16 bits per heavy atom. The van der Waals surface area contributed by atoms with Crippen molar-refractivity contribution in [3.05, 3.63) is 31.3 Å². The molecule has 0 unspecified atom stereocenters. The first-order chi connectivity index (χ1) is 15.0. The molecule has 2 N–H and O–H groups in total. The predicted octanol–water partition coefficient (Wildman–Crippen LogP) is 1.72. The summed E-state index contributed by atoms with van der Waals surface area (Å²) in [7, 11) is 0. The molecule has 0 atom stereocenters. The fourth-order valence-electron chi connectivity index (χ4n) is 3.97. The number of hydrogen-bond acceptors (Lipinski definition) is 6. The van der Waals surface area contributed by atoms with Gasteiger partial charge in [0.25, 0.3) is 11.5 Å².